The highest BCUT2D eigenvalue weighted by atomic mass is 16.5. The molecular formula is C17H17NO3. The molecule has 2 rings (SSSR count). The molecule has 108 valence electrons. The minimum Gasteiger partial charge on any atom is -0.486 e. The molecule has 21 heavy (non-hydrogen) atoms. The SMILES string of the molecule is CC(=O)COc1cccc(C(=O)CCc2cccnc2)c1. The third kappa shape index (κ3) is 4.84. The van der Waals surface area contributed by atoms with Gasteiger partial charge < -0.3 is 4.74 Å². The van der Waals surface area contributed by atoms with Gasteiger partial charge in [-0.3, -0.25) is 14.6 Å². The molecular weight excluding hydrogens is 266 g/mol. The Morgan fingerprint density at radius 3 is 2.76 bits per heavy atom. The second-order valence-electron chi connectivity index (χ2n) is 4.80. The smallest absolute Gasteiger partial charge is 0.167 e. The first-order chi connectivity index (χ1) is 10.1. The number of Topliss-reactive ketones (excluding diaryl/α,β-unsaturated/α-hetero) is 2. The highest BCUT2D eigenvalue weighted by Crippen LogP contribution is 2.15. The lowest BCUT2D eigenvalue weighted by molar-refractivity contribution is -0.118. The van der Waals surface area contributed by atoms with Crippen LogP contribution in [0.5, 0.6) is 5.75 Å². The van der Waals surface area contributed by atoms with Crippen LogP contribution in [0.4, 0.5) is 0 Å². The molecule has 1 heterocycles. The Labute approximate surface area is 123 Å². The van der Waals surface area contributed by atoms with Crippen LogP contribution in [0.1, 0.15) is 29.3 Å². The maximum atomic E-state index is 12.2. The molecule has 0 saturated carbocycles. The van der Waals surface area contributed by atoms with Crippen molar-refractivity contribution in [1.29, 1.82) is 0 Å². The number of ketones is 2. The Morgan fingerprint density at radius 2 is 2.05 bits per heavy atom. The van der Waals surface area contributed by atoms with Crippen molar-refractivity contribution >= 4 is 11.6 Å². The Bertz CT molecular complexity index is 623. The summed E-state index contributed by atoms with van der Waals surface area (Å²) in [5, 5.41) is 0. The molecule has 2 aromatic rings. The van der Waals surface area contributed by atoms with Crippen molar-refractivity contribution in [3.05, 3.63) is 59.9 Å². The quantitative estimate of drug-likeness (QED) is 0.733. The van der Waals surface area contributed by atoms with Gasteiger partial charge >= 0.3 is 0 Å². The number of nitrogens with zero attached hydrogens (tertiary/aromatic N) is 1. The maximum Gasteiger partial charge on any atom is 0.167 e. The average molecular weight is 283 g/mol. The van der Waals surface area contributed by atoms with Gasteiger partial charge in [0.15, 0.2) is 11.6 Å². The molecule has 4 nitrogen and oxygen atoms in total. The number of ether oxygens (including phenoxy) is 1. The van der Waals surface area contributed by atoms with Gasteiger partial charge in [-0.15, -0.1) is 0 Å². The first kappa shape index (κ1) is 14.9. The summed E-state index contributed by atoms with van der Waals surface area (Å²) in [6.07, 6.45) is 4.55. The average Bonchev–Trinajstić information content (AvgIpc) is 2.52. The van der Waals surface area contributed by atoms with E-state index in [0.717, 1.165) is 5.56 Å². The summed E-state index contributed by atoms with van der Waals surface area (Å²) in [6, 6.07) is 10.7. The van der Waals surface area contributed by atoms with Crippen molar-refractivity contribution in [1.82, 2.24) is 4.98 Å². The summed E-state index contributed by atoms with van der Waals surface area (Å²) in [5.74, 6) is 0.535. The molecule has 0 spiro atoms. The van der Waals surface area contributed by atoms with Crippen molar-refractivity contribution < 1.29 is 14.3 Å². The van der Waals surface area contributed by atoms with Crippen LogP contribution in [0.25, 0.3) is 0 Å². The van der Waals surface area contributed by atoms with Gasteiger partial charge in [-0.1, -0.05) is 18.2 Å². The van der Waals surface area contributed by atoms with Crippen LogP contribution >= 0.6 is 0 Å². The van der Waals surface area contributed by atoms with Gasteiger partial charge in [0.05, 0.1) is 0 Å². The lowest BCUT2D eigenvalue weighted by Gasteiger charge is -2.06. The van der Waals surface area contributed by atoms with Gasteiger partial charge in [0, 0.05) is 24.4 Å². The van der Waals surface area contributed by atoms with Crippen molar-refractivity contribution in [2.45, 2.75) is 19.8 Å². The van der Waals surface area contributed by atoms with E-state index in [4.69, 9.17) is 4.74 Å². The molecule has 1 aromatic heterocycles. The molecule has 0 fully saturated rings. The molecule has 0 atom stereocenters. The fourth-order valence-electron chi connectivity index (χ4n) is 1.89. The number of aromatic nitrogens is 1. The van der Waals surface area contributed by atoms with Crippen LogP contribution in [0, 0.1) is 0 Å². The number of rotatable bonds is 7. The van der Waals surface area contributed by atoms with Crippen molar-refractivity contribution in [3.8, 4) is 5.75 Å². The molecule has 0 bridgehead atoms. The molecule has 0 aliphatic heterocycles. The molecule has 0 radical (unpaired) electrons. The summed E-state index contributed by atoms with van der Waals surface area (Å²) in [6.45, 7) is 1.48. The van der Waals surface area contributed by atoms with Gasteiger partial charge in [-0.05, 0) is 37.1 Å². The van der Waals surface area contributed by atoms with Gasteiger partial charge in [-0.25, -0.2) is 0 Å². The highest BCUT2D eigenvalue weighted by Gasteiger charge is 2.08. The van der Waals surface area contributed by atoms with E-state index in [1.54, 1.807) is 36.7 Å². The van der Waals surface area contributed by atoms with Crippen LogP contribution in [0.15, 0.2) is 48.8 Å². The maximum absolute atomic E-state index is 12.2. The molecule has 0 amide bonds. The molecule has 1 aromatic carbocycles. The minimum absolute atomic E-state index is 0.0212. The molecule has 0 unspecified atom stereocenters. The highest BCUT2D eigenvalue weighted by molar-refractivity contribution is 5.96. The predicted octanol–water partition coefficient (Wildman–Crippen LogP) is 2.86. The third-order valence-corrected chi connectivity index (χ3v) is 2.96. The van der Waals surface area contributed by atoms with Crippen LogP contribution in [0.2, 0.25) is 0 Å². The van der Waals surface area contributed by atoms with E-state index in [0.29, 0.717) is 24.2 Å². The summed E-state index contributed by atoms with van der Waals surface area (Å²) >= 11 is 0. The van der Waals surface area contributed by atoms with E-state index in [-0.39, 0.29) is 18.2 Å². The van der Waals surface area contributed by atoms with Gasteiger partial charge in [-0.2, -0.15) is 0 Å². The van der Waals surface area contributed by atoms with E-state index in [1.165, 1.54) is 6.92 Å². The second kappa shape index (κ2) is 7.33. The molecule has 0 aliphatic carbocycles. The molecule has 0 aliphatic rings. The number of carbonyl (C=O) groups is 2. The summed E-state index contributed by atoms with van der Waals surface area (Å²) in [5.41, 5.74) is 1.63. The fourth-order valence-corrected chi connectivity index (χ4v) is 1.89. The predicted molar refractivity (Wildman–Crippen MR) is 79.5 cm³/mol. The fraction of sp³-hybridized carbons (Fsp3) is 0.235. The standard InChI is InChI=1S/C17H17NO3/c1-13(19)12-21-16-6-2-5-15(10-16)17(20)8-7-14-4-3-9-18-11-14/h2-6,9-11H,7-8,12H2,1H3. The minimum atomic E-state index is -0.0525. The molecule has 0 saturated heterocycles. The van der Waals surface area contributed by atoms with Gasteiger partial charge in [0.1, 0.15) is 12.4 Å². The Kier molecular flexibility index (Phi) is 5.21. The lowest BCUT2D eigenvalue weighted by Crippen LogP contribution is -2.07. The van der Waals surface area contributed by atoms with Gasteiger partial charge in [0.2, 0.25) is 0 Å². The number of hydrogen-bond donors (Lipinski definition) is 0. The Balaban J connectivity index is 1.95. The Hall–Kier alpha value is -2.49. The first-order valence-corrected chi connectivity index (χ1v) is 6.79. The van der Waals surface area contributed by atoms with E-state index in [9.17, 15) is 9.59 Å². The van der Waals surface area contributed by atoms with Crippen LogP contribution in [0.3, 0.4) is 0 Å². The van der Waals surface area contributed by atoms with Crippen molar-refractivity contribution in [3.63, 3.8) is 0 Å². The molecule has 4 heteroatoms. The van der Waals surface area contributed by atoms with Gasteiger partial charge in [0.25, 0.3) is 0 Å². The van der Waals surface area contributed by atoms with E-state index >= 15 is 0 Å². The normalized spacial score (nSPS) is 10.1. The summed E-state index contributed by atoms with van der Waals surface area (Å²) in [7, 11) is 0. The zero-order valence-electron chi connectivity index (χ0n) is 11.9. The van der Waals surface area contributed by atoms with E-state index in [1.807, 2.05) is 12.1 Å². The molecule has 0 N–H and O–H groups in total. The number of aryl methyl sites for hydroxylation is 1. The van der Waals surface area contributed by atoms with E-state index in [2.05, 4.69) is 4.98 Å². The Morgan fingerprint density at radius 1 is 1.19 bits per heavy atom. The van der Waals surface area contributed by atoms with Crippen molar-refractivity contribution in [2.75, 3.05) is 6.61 Å². The number of pyridine rings is 1. The topological polar surface area (TPSA) is 56.3 Å². The van der Waals surface area contributed by atoms with Crippen LogP contribution < -0.4 is 4.74 Å². The summed E-state index contributed by atoms with van der Waals surface area (Å²) in [4.78, 5) is 27.1. The zero-order valence-corrected chi connectivity index (χ0v) is 11.9. The third-order valence-electron chi connectivity index (χ3n) is 2.96. The number of benzene rings is 1. The number of hydrogen-bond acceptors (Lipinski definition) is 4. The first-order valence-electron chi connectivity index (χ1n) is 6.79. The van der Waals surface area contributed by atoms with Crippen molar-refractivity contribution in [2.24, 2.45) is 0 Å². The van der Waals surface area contributed by atoms with Crippen LogP contribution in [-0.2, 0) is 11.2 Å². The lowest BCUT2D eigenvalue weighted by atomic mass is 10.0. The number of carbonyl (C=O) groups excluding carboxylic acids is 2. The second-order valence-corrected chi connectivity index (χ2v) is 4.80. The largest absolute Gasteiger partial charge is 0.486 e. The monoisotopic (exact) mass is 283 g/mol. The van der Waals surface area contributed by atoms with Crippen LogP contribution in [-0.4, -0.2) is 23.2 Å². The van der Waals surface area contributed by atoms with E-state index < -0.39 is 0 Å². The zero-order chi connectivity index (χ0) is 15.1. The summed E-state index contributed by atoms with van der Waals surface area (Å²) < 4.78 is 5.31.